The number of para-hydroxylation sites is 1. The van der Waals surface area contributed by atoms with E-state index in [0.29, 0.717) is 0 Å². The largest absolute Gasteiger partial charge is 0.456 e. The van der Waals surface area contributed by atoms with Crippen LogP contribution in [0.2, 0.25) is 0 Å². The van der Waals surface area contributed by atoms with Crippen molar-refractivity contribution in [2.24, 2.45) is 23.7 Å². The molecule has 0 amide bonds. The molecule has 8 aromatic carbocycles. The number of hydrogen-bond acceptors (Lipinski definition) is 2. The highest BCUT2D eigenvalue weighted by Crippen LogP contribution is 2.70. The van der Waals surface area contributed by atoms with E-state index < -0.39 is 0 Å². The van der Waals surface area contributed by atoms with Gasteiger partial charge in [0.2, 0.25) is 0 Å². The Kier molecular flexibility index (Phi) is 7.38. The van der Waals surface area contributed by atoms with E-state index in [9.17, 15) is 0 Å². The lowest BCUT2D eigenvalue weighted by molar-refractivity contribution is -0.0399. The van der Waals surface area contributed by atoms with Crippen LogP contribution in [0.15, 0.2) is 180 Å². The second-order valence-electron chi connectivity index (χ2n) is 20.0. The fraction of sp³-hybridized carbons (Fsp3) is 0.213. The van der Waals surface area contributed by atoms with Gasteiger partial charge in [-0.3, -0.25) is 0 Å². The zero-order valence-corrected chi connectivity index (χ0v) is 35.9. The molecule has 0 N–H and O–H groups in total. The zero-order valence-electron chi connectivity index (χ0n) is 35.9. The highest BCUT2D eigenvalue weighted by atomic mass is 16.3. The summed E-state index contributed by atoms with van der Waals surface area (Å²) < 4.78 is 6.52. The predicted molar refractivity (Wildman–Crippen MR) is 260 cm³/mol. The third-order valence-electron chi connectivity index (χ3n) is 16.7. The topological polar surface area (TPSA) is 16.4 Å². The van der Waals surface area contributed by atoms with Crippen LogP contribution in [0.3, 0.4) is 0 Å². The van der Waals surface area contributed by atoms with Crippen molar-refractivity contribution in [1.29, 1.82) is 0 Å². The third-order valence-corrected chi connectivity index (χ3v) is 16.7. The van der Waals surface area contributed by atoms with Gasteiger partial charge in [-0.1, -0.05) is 153 Å². The lowest BCUT2D eigenvalue weighted by atomic mass is 9.43. The third kappa shape index (κ3) is 4.85. The molecule has 9 aromatic rings. The maximum absolute atomic E-state index is 6.52. The summed E-state index contributed by atoms with van der Waals surface area (Å²) in [5.41, 5.74) is 21.8. The van der Waals surface area contributed by atoms with Crippen molar-refractivity contribution in [1.82, 2.24) is 0 Å². The molecule has 2 nitrogen and oxygen atoms in total. The van der Waals surface area contributed by atoms with Crippen molar-refractivity contribution in [3.63, 3.8) is 0 Å². The van der Waals surface area contributed by atoms with Crippen LogP contribution in [-0.4, -0.2) is 0 Å². The highest BCUT2D eigenvalue weighted by Gasteiger charge is 2.61. The van der Waals surface area contributed by atoms with E-state index in [4.69, 9.17) is 4.42 Å². The van der Waals surface area contributed by atoms with Gasteiger partial charge in [-0.15, -0.1) is 0 Å². The Bertz CT molecular complexity index is 3320. The van der Waals surface area contributed by atoms with Crippen molar-refractivity contribution in [2.45, 2.75) is 56.8 Å². The molecular formula is C61H49NO. The number of hydrogen-bond donors (Lipinski definition) is 0. The molecule has 0 atom stereocenters. The maximum atomic E-state index is 6.52. The lowest BCUT2D eigenvalue weighted by Gasteiger charge is -2.61. The normalized spacial score (nSPS) is 23.0. The molecule has 0 radical (unpaired) electrons. The Morgan fingerprint density at radius 3 is 1.84 bits per heavy atom. The molecule has 0 saturated heterocycles. The quantitative estimate of drug-likeness (QED) is 0.172. The molecule has 1 heterocycles. The summed E-state index contributed by atoms with van der Waals surface area (Å²) in [6.07, 6.45) is 7.10. The Morgan fingerprint density at radius 2 is 1.03 bits per heavy atom. The number of nitrogens with zero attached hydrogens (tertiary/aromatic N) is 1. The molecule has 2 heteroatoms. The molecule has 63 heavy (non-hydrogen) atoms. The second-order valence-corrected chi connectivity index (χ2v) is 20.0. The van der Waals surface area contributed by atoms with Crippen LogP contribution in [0, 0.1) is 23.7 Å². The first-order valence-corrected chi connectivity index (χ1v) is 23.3. The van der Waals surface area contributed by atoms with Gasteiger partial charge >= 0.3 is 0 Å². The number of benzene rings is 8. The standard InChI is InChI=1S/C61H49NO/c1-60(2)49-19-6-3-15-46(49)58-51(60)21-11-23-53(58)62(54-24-12-26-56-59(54)48-17-5-8-25-55(48)63-56)44-14-9-13-41(36-44)39-27-29-40(30-28-39)45-18-10-22-52-57(45)47-16-4-7-20-50(47)61(52)42-32-37-31-38(34-42)35-43(61)33-37/h3-30,36-38,42-43H,31-35H2,1-2H3. The minimum Gasteiger partial charge on any atom is -0.456 e. The van der Waals surface area contributed by atoms with Gasteiger partial charge in [0, 0.05) is 27.5 Å². The average Bonchev–Trinajstić information content (AvgIpc) is 3.93. The van der Waals surface area contributed by atoms with Crippen LogP contribution in [0.25, 0.3) is 66.4 Å². The summed E-state index contributed by atoms with van der Waals surface area (Å²) in [7, 11) is 0. The maximum Gasteiger partial charge on any atom is 0.137 e. The van der Waals surface area contributed by atoms with Gasteiger partial charge in [-0.05, 0) is 153 Å². The Hall–Kier alpha value is -6.64. The molecular weight excluding hydrogens is 763 g/mol. The van der Waals surface area contributed by atoms with E-state index in [-0.39, 0.29) is 10.8 Å². The number of rotatable bonds is 5. The molecule has 1 spiro atoms. The fourth-order valence-corrected chi connectivity index (χ4v) is 14.4. The van der Waals surface area contributed by atoms with Crippen LogP contribution in [0.1, 0.15) is 68.2 Å². The van der Waals surface area contributed by atoms with Gasteiger partial charge in [0.1, 0.15) is 11.2 Å². The lowest BCUT2D eigenvalue weighted by Crippen LogP contribution is -2.55. The Balaban J connectivity index is 0.907. The molecule has 4 saturated carbocycles. The van der Waals surface area contributed by atoms with Gasteiger partial charge in [0.05, 0.1) is 16.8 Å². The minimum absolute atomic E-state index is 0.122. The van der Waals surface area contributed by atoms with Crippen molar-refractivity contribution in [2.75, 3.05) is 4.90 Å². The van der Waals surface area contributed by atoms with Crippen molar-refractivity contribution < 1.29 is 4.42 Å². The number of furan rings is 1. The minimum atomic E-state index is -0.122. The van der Waals surface area contributed by atoms with Crippen LogP contribution in [0.5, 0.6) is 0 Å². The SMILES string of the molecule is CC1(C)c2ccccc2-c2c(N(c3cccc(-c4ccc(-c5cccc6c5-c5ccccc5C65C6CC7CC(C6)CC5C7)cc4)c3)c3cccc4oc5ccccc5c34)cccc21. The molecule has 1 aromatic heterocycles. The van der Waals surface area contributed by atoms with Gasteiger partial charge in [0.25, 0.3) is 0 Å². The van der Waals surface area contributed by atoms with E-state index in [1.165, 1.54) is 93.4 Å². The molecule has 15 rings (SSSR count). The van der Waals surface area contributed by atoms with Gasteiger partial charge in [-0.2, -0.15) is 0 Å². The zero-order chi connectivity index (χ0) is 41.6. The molecule has 0 aliphatic heterocycles. The summed E-state index contributed by atoms with van der Waals surface area (Å²) in [5.74, 6) is 3.40. The average molecular weight is 812 g/mol. The van der Waals surface area contributed by atoms with Crippen LogP contribution >= 0.6 is 0 Å². The Morgan fingerprint density at radius 1 is 0.444 bits per heavy atom. The van der Waals surface area contributed by atoms with Crippen molar-refractivity contribution in [3.8, 4) is 44.5 Å². The summed E-state index contributed by atoms with van der Waals surface area (Å²) in [6, 6.07) is 66.2. The van der Waals surface area contributed by atoms with Crippen LogP contribution < -0.4 is 4.90 Å². The summed E-state index contributed by atoms with van der Waals surface area (Å²) >= 11 is 0. The highest BCUT2D eigenvalue weighted by molar-refractivity contribution is 6.14. The first-order valence-electron chi connectivity index (χ1n) is 23.3. The molecule has 6 aliphatic rings. The molecule has 0 unspecified atom stereocenters. The van der Waals surface area contributed by atoms with E-state index in [1.807, 2.05) is 0 Å². The molecule has 4 bridgehead atoms. The summed E-state index contributed by atoms with van der Waals surface area (Å²) in [6.45, 7) is 4.73. The van der Waals surface area contributed by atoms with Gasteiger partial charge in [-0.25, -0.2) is 0 Å². The summed E-state index contributed by atoms with van der Waals surface area (Å²) in [4.78, 5) is 2.49. The van der Waals surface area contributed by atoms with E-state index in [0.717, 1.165) is 57.0 Å². The van der Waals surface area contributed by atoms with E-state index >= 15 is 0 Å². The smallest absolute Gasteiger partial charge is 0.137 e. The monoisotopic (exact) mass is 811 g/mol. The van der Waals surface area contributed by atoms with Crippen molar-refractivity contribution >= 4 is 39.0 Å². The number of fused-ring (bicyclic) bond motifs is 9. The second kappa shape index (κ2) is 13.0. The number of anilines is 3. The fourth-order valence-electron chi connectivity index (χ4n) is 14.4. The van der Waals surface area contributed by atoms with Gasteiger partial charge in [0.15, 0.2) is 0 Å². The molecule has 6 aliphatic carbocycles. The first-order chi connectivity index (χ1) is 31.0. The molecule has 4 fully saturated rings. The molecule has 304 valence electrons. The van der Waals surface area contributed by atoms with Gasteiger partial charge < -0.3 is 9.32 Å². The van der Waals surface area contributed by atoms with E-state index in [1.54, 1.807) is 11.1 Å². The summed E-state index contributed by atoms with van der Waals surface area (Å²) in [5, 5.41) is 2.25. The van der Waals surface area contributed by atoms with Crippen LogP contribution in [-0.2, 0) is 10.8 Å². The Labute approximate surface area is 369 Å². The van der Waals surface area contributed by atoms with Crippen LogP contribution in [0.4, 0.5) is 17.1 Å². The van der Waals surface area contributed by atoms with Crippen molar-refractivity contribution in [3.05, 3.63) is 198 Å². The van der Waals surface area contributed by atoms with E-state index in [2.05, 4.69) is 195 Å². The first kappa shape index (κ1) is 35.9. The predicted octanol–water partition coefficient (Wildman–Crippen LogP) is 16.4.